The number of nitrogens with one attached hydrogen (secondary N) is 1. The van der Waals surface area contributed by atoms with Crippen molar-refractivity contribution < 1.29 is 14.4 Å². The Balaban J connectivity index is 1.66. The van der Waals surface area contributed by atoms with E-state index < -0.39 is 0 Å². The van der Waals surface area contributed by atoms with Gasteiger partial charge in [0, 0.05) is 19.8 Å². The number of rotatable bonds is 1. The highest BCUT2D eigenvalue weighted by molar-refractivity contribution is 5.92. The Labute approximate surface area is 149 Å². The van der Waals surface area contributed by atoms with Gasteiger partial charge in [-0.05, 0) is 66.8 Å². The van der Waals surface area contributed by atoms with Gasteiger partial charge in [-0.1, -0.05) is 19.4 Å². The zero-order chi connectivity index (χ0) is 18.0. The average Bonchev–Trinajstić information content (AvgIpc) is 2.79. The van der Waals surface area contributed by atoms with E-state index in [1.54, 1.807) is 0 Å². The largest absolute Gasteiger partial charge is 0.346 e. The first-order valence-electron chi connectivity index (χ1n) is 9.79. The van der Waals surface area contributed by atoms with Crippen molar-refractivity contribution in [3.05, 3.63) is 11.6 Å². The van der Waals surface area contributed by atoms with E-state index in [-0.39, 0.29) is 34.3 Å². The van der Waals surface area contributed by atoms with E-state index in [4.69, 9.17) is 0 Å². The molecule has 25 heavy (non-hydrogen) atoms. The van der Waals surface area contributed by atoms with Crippen LogP contribution < -0.4 is 5.32 Å². The molecule has 4 aliphatic carbocycles. The normalized spacial score (nSPS) is 46.0. The van der Waals surface area contributed by atoms with Crippen LogP contribution in [0.25, 0.3) is 0 Å². The van der Waals surface area contributed by atoms with Gasteiger partial charge >= 0.3 is 0 Å². The molecule has 0 aromatic heterocycles. The Morgan fingerprint density at radius 1 is 1.12 bits per heavy atom. The zero-order valence-electron chi connectivity index (χ0n) is 15.6. The maximum Gasteiger partial charge on any atom is 0.217 e. The molecule has 3 saturated carbocycles. The number of amides is 1. The van der Waals surface area contributed by atoms with Crippen LogP contribution >= 0.6 is 0 Å². The standard InChI is InChI=1S/C21H29NO3/c1-12(23)22-19-18(25)11-17-15-5-4-13-10-14(24)6-8-20(13,2)16(15)7-9-21(17,19)3/h10,15-17,19H,4-9,11H2,1-3H3,(H,22,23)/t15-,16+,17-,19-,20+,21-/m0/s1. The van der Waals surface area contributed by atoms with Crippen LogP contribution in [0.4, 0.5) is 0 Å². The fraction of sp³-hybridized carbons (Fsp3) is 0.762. The summed E-state index contributed by atoms with van der Waals surface area (Å²) in [4.78, 5) is 36.2. The SMILES string of the molecule is CC(=O)N[C@H]1C(=O)C[C@H]2[C@H]3CCC4=CC(=O)CC[C@@]4(C)[C@@H]3CC[C@]12C. The first-order valence-corrected chi connectivity index (χ1v) is 9.79. The maximum absolute atomic E-state index is 12.7. The van der Waals surface area contributed by atoms with Crippen molar-refractivity contribution >= 4 is 17.5 Å². The van der Waals surface area contributed by atoms with E-state index >= 15 is 0 Å². The van der Waals surface area contributed by atoms with Gasteiger partial charge in [-0.15, -0.1) is 0 Å². The summed E-state index contributed by atoms with van der Waals surface area (Å²) < 4.78 is 0. The third-order valence-electron chi connectivity index (χ3n) is 8.15. The van der Waals surface area contributed by atoms with Crippen LogP contribution in [0.15, 0.2) is 11.6 Å². The van der Waals surface area contributed by atoms with E-state index in [0.29, 0.717) is 30.6 Å². The summed E-state index contributed by atoms with van der Waals surface area (Å²) in [5.41, 5.74) is 1.38. The highest BCUT2D eigenvalue weighted by Gasteiger charge is 2.61. The van der Waals surface area contributed by atoms with E-state index in [2.05, 4.69) is 19.2 Å². The summed E-state index contributed by atoms with van der Waals surface area (Å²) in [6.45, 7) is 6.08. The van der Waals surface area contributed by atoms with E-state index in [1.165, 1.54) is 12.5 Å². The fourth-order valence-electron chi connectivity index (χ4n) is 6.80. The van der Waals surface area contributed by atoms with Gasteiger partial charge in [-0.25, -0.2) is 0 Å². The summed E-state index contributed by atoms with van der Waals surface area (Å²) in [5, 5.41) is 2.95. The molecule has 4 aliphatic rings. The Bertz CT molecular complexity index is 681. The molecule has 1 N–H and O–H groups in total. The number of Topliss-reactive ketones (excluding diaryl/α,β-unsaturated/α-hetero) is 1. The summed E-state index contributed by atoms with van der Waals surface area (Å²) in [6.07, 6.45) is 8.33. The van der Waals surface area contributed by atoms with Crippen LogP contribution in [0, 0.1) is 28.6 Å². The van der Waals surface area contributed by atoms with Crippen LogP contribution in [0.5, 0.6) is 0 Å². The smallest absolute Gasteiger partial charge is 0.217 e. The van der Waals surface area contributed by atoms with E-state index in [0.717, 1.165) is 32.1 Å². The maximum atomic E-state index is 12.7. The lowest BCUT2D eigenvalue weighted by Gasteiger charge is -2.57. The lowest BCUT2D eigenvalue weighted by Crippen LogP contribution is -2.54. The third-order valence-corrected chi connectivity index (χ3v) is 8.15. The summed E-state index contributed by atoms with van der Waals surface area (Å²) in [7, 11) is 0. The monoisotopic (exact) mass is 343 g/mol. The number of carbonyl (C=O) groups excluding carboxylic acids is 3. The molecule has 0 aliphatic heterocycles. The molecule has 0 radical (unpaired) electrons. The predicted molar refractivity (Wildman–Crippen MR) is 94.7 cm³/mol. The van der Waals surface area contributed by atoms with Gasteiger partial charge in [-0.2, -0.15) is 0 Å². The quantitative estimate of drug-likeness (QED) is 0.795. The minimum Gasteiger partial charge on any atom is -0.346 e. The van der Waals surface area contributed by atoms with E-state index in [1.807, 2.05) is 6.08 Å². The Morgan fingerprint density at radius 2 is 1.88 bits per heavy atom. The molecule has 0 spiro atoms. The molecule has 3 fully saturated rings. The molecule has 0 bridgehead atoms. The lowest BCUT2D eigenvalue weighted by atomic mass is 9.47. The second-order valence-corrected chi connectivity index (χ2v) is 9.32. The summed E-state index contributed by atoms with van der Waals surface area (Å²) in [6, 6.07) is -0.311. The minimum absolute atomic E-state index is 0.103. The zero-order valence-corrected chi connectivity index (χ0v) is 15.6. The average molecular weight is 343 g/mol. The van der Waals surface area contributed by atoms with Crippen LogP contribution in [-0.4, -0.2) is 23.5 Å². The second kappa shape index (κ2) is 5.52. The van der Waals surface area contributed by atoms with Crippen molar-refractivity contribution in [2.45, 2.75) is 71.8 Å². The highest BCUT2D eigenvalue weighted by atomic mass is 16.2. The number of hydrogen-bond donors (Lipinski definition) is 1. The van der Waals surface area contributed by atoms with Crippen molar-refractivity contribution in [1.29, 1.82) is 0 Å². The highest BCUT2D eigenvalue weighted by Crippen LogP contribution is 2.64. The number of allylic oxidation sites excluding steroid dienone is 1. The molecule has 4 heteroatoms. The lowest BCUT2D eigenvalue weighted by molar-refractivity contribution is -0.127. The van der Waals surface area contributed by atoms with Crippen molar-refractivity contribution in [2.24, 2.45) is 28.6 Å². The van der Waals surface area contributed by atoms with Gasteiger partial charge in [-0.3, -0.25) is 14.4 Å². The van der Waals surface area contributed by atoms with E-state index in [9.17, 15) is 14.4 Å². The van der Waals surface area contributed by atoms with Gasteiger partial charge in [0.05, 0.1) is 6.04 Å². The Kier molecular flexibility index (Phi) is 3.75. The van der Waals surface area contributed by atoms with Gasteiger partial charge in [0.1, 0.15) is 0 Å². The van der Waals surface area contributed by atoms with Crippen molar-refractivity contribution in [2.75, 3.05) is 0 Å². The Hall–Kier alpha value is -1.45. The van der Waals surface area contributed by atoms with Crippen LogP contribution in [0.2, 0.25) is 0 Å². The number of carbonyl (C=O) groups is 3. The number of hydrogen-bond acceptors (Lipinski definition) is 3. The molecule has 4 rings (SSSR count). The molecule has 6 atom stereocenters. The summed E-state index contributed by atoms with van der Waals surface area (Å²) >= 11 is 0. The van der Waals surface area contributed by atoms with Crippen molar-refractivity contribution in [3.8, 4) is 0 Å². The first kappa shape index (κ1) is 17.0. The van der Waals surface area contributed by atoms with Crippen LogP contribution in [-0.2, 0) is 14.4 Å². The molecule has 0 aromatic rings. The molecule has 136 valence electrons. The molecule has 0 heterocycles. The number of ketones is 2. The predicted octanol–water partition coefficient (Wildman–Crippen LogP) is 3.20. The second-order valence-electron chi connectivity index (χ2n) is 9.32. The van der Waals surface area contributed by atoms with Gasteiger partial charge in [0.2, 0.25) is 5.91 Å². The molecule has 4 nitrogen and oxygen atoms in total. The topological polar surface area (TPSA) is 63.2 Å². The Morgan fingerprint density at radius 3 is 2.60 bits per heavy atom. The van der Waals surface area contributed by atoms with Crippen molar-refractivity contribution in [3.63, 3.8) is 0 Å². The third kappa shape index (κ3) is 2.36. The van der Waals surface area contributed by atoms with Gasteiger partial charge in [0.25, 0.3) is 0 Å². The molecule has 0 saturated heterocycles. The molecular formula is C21H29NO3. The van der Waals surface area contributed by atoms with Gasteiger partial charge in [0.15, 0.2) is 11.6 Å². The molecular weight excluding hydrogens is 314 g/mol. The molecule has 0 unspecified atom stereocenters. The van der Waals surface area contributed by atoms with Crippen LogP contribution in [0.3, 0.4) is 0 Å². The van der Waals surface area contributed by atoms with Gasteiger partial charge < -0.3 is 5.32 Å². The molecule has 1 amide bonds. The van der Waals surface area contributed by atoms with Crippen LogP contribution in [0.1, 0.15) is 65.7 Å². The first-order chi connectivity index (χ1) is 11.8. The summed E-state index contributed by atoms with van der Waals surface area (Å²) in [5.74, 6) is 1.88. The molecule has 0 aromatic carbocycles. The minimum atomic E-state index is -0.311. The van der Waals surface area contributed by atoms with Crippen molar-refractivity contribution in [1.82, 2.24) is 5.32 Å². The fourth-order valence-corrected chi connectivity index (χ4v) is 6.80. The number of fused-ring (bicyclic) bond motifs is 5.